The molecule has 1 fully saturated rings. The number of benzene rings is 1. The molecule has 3 rings (SSSR count). The number of nitrogens with zero attached hydrogens (tertiary/aromatic N) is 2. The summed E-state index contributed by atoms with van der Waals surface area (Å²) in [5.74, 6) is 1.06. The summed E-state index contributed by atoms with van der Waals surface area (Å²) in [5.41, 5.74) is 0.963. The first kappa shape index (κ1) is 17.0. The summed E-state index contributed by atoms with van der Waals surface area (Å²) in [6.45, 7) is 1.95. The number of hydrogen-bond acceptors (Lipinski definition) is 7. The highest BCUT2D eigenvalue weighted by Crippen LogP contribution is 2.30. The number of methoxy groups -OCH3 is 1. The van der Waals surface area contributed by atoms with Gasteiger partial charge in [0.1, 0.15) is 5.75 Å². The third kappa shape index (κ3) is 4.61. The van der Waals surface area contributed by atoms with Crippen LogP contribution in [0.3, 0.4) is 0 Å². The van der Waals surface area contributed by atoms with E-state index < -0.39 is 0 Å². The second-order valence-electron chi connectivity index (χ2n) is 5.61. The van der Waals surface area contributed by atoms with Gasteiger partial charge in [-0.1, -0.05) is 41.3 Å². The minimum atomic E-state index is -0.115. The Morgan fingerprint density at radius 1 is 1.42 bits per heavy atom. The first-order valence-electron chi connectivity index (χ1n) is 7.81. The minimum absolute atomic E-state index is 0.0368. The van der Waals surface area contributed by atoms with Crippen molar-refractivity contribution in [1.82, 2.24) is 15.5 Å². The fraction of sp³-hybridized carbons (Fsp3) is 0.438. The molecule has 1 aromatic carbocycles. The maximum atomic E-state index is 12.2. The zero-order valence-corrected chi connectivity index (χ0v) is 15.2. The Hall–Kier alpha value is -1.80. The van der Waals surface area contributed by atoms with E-state index in [4.69, 9.17) is 4.74 Å². The fourth-order valence-electron chi connectivity index (χ4n) is 2.24. The third-order valence-corrected chi connectivity index (χ3v) is 5.61. The van der Waals surface area contributed by atoms with Crippen molar-refractivity contribution in [3.8, 4) is 5.75 Å². The van der Waals surface area contributed by atoms with Crippen LogP contribution in [-0.4, -0.2) is 35.0 Å². The molecular weight excluding hydrogens is 344 g/mol. The molecule has 1 amide bonds. The van der Waals surface area contributed by atoms with Gasteiger partial charge in [0.25, 0.3) is 0 Å². The SMILES string of the molecule is COc1ccccc1C(C)NC(=O)CSc1nnc(NC2CC2)s1. The van der Waals surface area contributed by atoms with E-state index in [1.165, 1.54) is 35.9 Å². The van der Waals surface area contributed by atoms with E-state index in [1.54, 1.807) is 7.11 Å². The zero-order chi connectivity index (χ0) is 16.9. The Balaban J connectivity index is 1.48. The van der Waals surface area contributed by atoms with Crippen LogP contribution in [0.15, 0.2) is 28.6 Å². The quantitative estimate of drug-likeness (QED) is 0.701. The Morgan fingerprint density at radius 2 is 2.21 bits per heavy atom. The van der Waals surface area contributed by atoms with Crippen molar-refractivity contribution in [2.24, 2.45) is 0 Å². The van der Waals surface area contributed by atoms with Crippen LogP contribution in [0.5, 0.6) is 5.75 Å². The number of anilines is 1. The van der Waals surface area contributed by atoms with Gasteiger partial charge >= 0.3 is 0 Å². The fourth-order valence-corrected chi connectivity index (χ4v) is 3.88. The van der Waals surface area contributed by atoms with Gasteiger partial charge in [-0.2, -0.15) is 0 Å². The standard InChI is InChI=1S/C16H20N4O2S2/c1-10(12-5-3-4-6-13(12)22-2)17-14(21)9-23-16-20-19-15(24-16)18-11-7-8-11/h3-6,10-11H,7-9H2,1-2H3,(H,17,21)(H,18,19). The second-order valence-corrected chi connectivity index (χ2v) is 7.81. The van der Waals surface area contributed by atoms with Crippen molar-refractivity contribution >= 4 is 34.1 Å². The molecule has 0 bridgehead atoms. The van der Waals surface area contributed by atoms with Crippen LogP contribution >= 0.6 is 23.1 Å². The maximum absolute atomic E-state index is 12.2. The van der Waals surface area contributed by atoms with Crippen molar-refractivity contribution in [3.63, 3.8) is 0 Å². The number of thioether (sulfide) groups is 1. The van der Waals surface area contributed by atoms with Gasteiger partial charge in [-0.25, -0.2) is 0 Å². The molecule has 1 heterocycles. The van der Waals surface area contributed by atoms with E-state index >= 15 is 0 Å². The highest BCUT2D eigenvalue weighted by atomic mass is 32.2. The summed E-state index contributed by atoms with van der Waals surface area (Å²) in [6.07, 6.45) is 2.40. The predicted octanol–water partition coefficient (Wildman–Crippen LogP) is 3.09. The molecule has 8 heteroatoms. The molecule has 1 unspecified atom stereocenters. The Labute approximate surface area is 149 Å². The Bertz CT molecular complexity index is 703. The summed E-state index contributed by atoms with van der Waals surface area (Å²) in [6, 6.07) is 8.14. The molecular formula is C16H20N4O2S2. The molecule has 2 N–H and O–H groups in total. The van der Waals surface area contributed by atoms with E-state index in [1.807, 2.05) is 31.2 Å². The number of amides is 1. The molecule has 128 valence electrons. The van der Waals surface area contributed by atoms with Crippen LogP contribution < -0.4 is 15.4 Å². The number of hydrogen-bond donors (Lipinski definition) is 2. The number of rotatable bonds is 8. The normalized spacial score (nSPS) is 14.9. The molecule has 0 saturated heterocycles. The number of aromatic nitrogens is 2. The monoisotopic (exact) mass is 364 g/mol. The number of carbonyl (C=O) groups is 1. The summed E-state index contributed by atoms with van der Waals surface area (Å²) in [7, 11) is 1.63. The Morgan fingerprint density at radius 3 is 2.96 bits per heavy atom. The van der Waals surface area contributed by atoms with Crippen molar-refractivity contribution in [2.45, 2.75) is 36.2 Å². The maximum Gasteiger partial charge on any atom is 0.230 e. The lowest BCUT2D eigenvalue weighted by Crippen LogP contribution is -2.28. The molecule has 1 atom stereocenters. The van der Waals surface area contributed by atoms with E-state index in [-0.39, 0.29) is 11.9 Å². The van der Waals surface area contributed by atoms with Crippen LogP contribution in [0.1, 0.15) is 31.4 Å². The van der Waals surface area contributed by atoms with Gasteiger partial charge < -0.3 is 15.4 Å². The molecule has 6 nitrogen and oxygen atoms in total. The van der Waals surface area contributed by atoms with Gasteiger partial charge in [-0.05, 0) is 25.8 Å². The van der Waals surface area contributed by atoms with Gasteiger partial charge in [0, 0.05) is 11.6 Å². The van der Waals surface area contributed by atoms with E-state index in [2.05, 4.69) is 20.8 Å². The average molecular weight is 364 g/mol. The van der Waals surface area contributed by atoms with Crippen LogP contribution in [-0.2, 0) is 4.79 Å². The third-order valence-electron chi connectivity index (χ3n) is 3.62. The minimum Gasteiger partial charge on any atom is -0.496 e. The molecule has 24 heavy (non-hydrogen) atoms. The van der Waals surface area contributed by atoms with Crippen molar-refractivity contribution in [2.75, 3.05) is 18.2 Å². The van der Waals surface area contributed by atoms with Gasteiger partial charge in [-0.15, -0.1) is 10.2 Å². The highest BCUT2D eigenvalue weighted by molar-refractivity contribution is 8.01. The Kier molecular flexibility index (Phi) is 5.57. The summed E-state index contributed by atoms with van der Waals surface area (Å²) >= 11 is 2.90. The van der Waals surface area contributed by atoms with E-state index in [0.717, 1.165) is 20.8 Å². The van der Waals surface area contributed by atoms with Crippen LogP contribution in [0.25, 0.3) is 0 Å². The van der Waals surface area contributed by atoms with Crippen molar-refractivity contribution in [3.05, 3.63) is 29.8 Å². The predicted molar refractivity (Wildman–Crippen MR) is 96.8 cm³/mol. The molecule has 1 aliphatic rings. The van der Waals surface area contributed by atoms with Crippen LogP contribution in [0.2, 0.25) is 0 Å². The van der Waals surface area contributed by atoms with Gasteiger partial charge in [0.05, 0.1) is 18.9 Å². The summed E-state index contributed by atoms with van der Waals surface area (Å²) in [5, 5.41) is 15.3. The van der Waals surface area contributed by atoms with Gasteiger partial charge in [-0.3, -0.25) is 4.79 Å². The zero-order valence-electron chi connectivity index (χ0n) is 13.6. The first-order valence-corrected chi connectivity index (χ1v) is 9.61. The van der Waals surface area contributed by atoms with Crippen molar-refractivity contribution in [1.29, 1.82) is 0 Å². The topological polar surface area (TPSA) is 76.1 Å². The van der Waals surface area contributed by atoms with Gasteiger partial charge in [0.15, 0.2) is 4.34 Å². The molecule has 0 spiro atoms. The smallest absolute Gasteiger partial charge is 0.230 e. The number of para-hydroxylation sites is 1. The summed E-state index contributed by atoms with van der Waals surface area (Å²) in [4.78, 5) is 12.2. The number of ether oxygens (including phenoxy) is 1. The van der Waals surface area contributed by atoms with E-state index in [9.17, 15) is 4.79 Å². The molecule has 0 radical (unpaired) electrons. The lowest BCUT2D eigenvalue weighted by Gasteiger charge is -2.16. The van der Waals surface area contributed by atoms with Gasteiger partial charge in [0.2, 0.25) is 11.0 Å². The highest BCUT2D eigenvalue weighted by Gasteiger charge is 2.22. The lowest BCUT2D eigenvalue weighted by molar-refractivity contribution is -0.119. The number of carbonyl (C=O) groups excluding carboxylic acids is 1. The molecule has 0 aliphatic heterocycles. The second kappa shape index (κ2) is 7.85. The van der Waals surface area contributed by atoms with Crippen LogP contribution in [0, 0.1) is 0 Å². The molecule has 1 aliphatic carbocycles. The van der Waals surface area contributed by atoms with Crippen LogP contribution in [0.4, 0.5) is 5.13 Å². The summed E-state index contributed by atoms with van der Waals surface area (Å²) < 4.78 is 6.14. The number of nitrogens with one attached hydrogen (secondary N) is 2. The molecule has 1 aromatic heterocycles. The van der Waals surface area contributed by atoms with Crippen molar-refractivity contribution < 1.29 is 9.53 Å². The largest absolute Gasteiger partial charge is 0.496 e. The van der Waals surface area contributed by atoms with E-state index in [0.29, 0.717) is 11.8 Å². The lowest BCUT2D eigenvalue weighted by atomic mass is 10.1. The molecule has 1 saturated carbocycles. The first-order chi connectivity index (χ1) is 11.7. The molecule has 2 aromatic rings. The average Bonchev–Trinajstić information content (AvgIpc) is 3.29.